The molecule has 1 aliphatic carbocycles. The molecule has 18 heavy (non-hydrogen) atoms. The third kappa shape index (κ3) is 2.50. The summed E-state index contributed by atoms with van der Waals surface area (Å²) in [5.41, 5.74) is 1.33. The van der Waals surface area contributed by atoms with Gasteiger partial charge in [-0.15, -0.1) is 0 Å². The quantitative estimate of drug-likeness (QED) is 0.896. The zero-order valence-electron chi connectivity index (χ0n) is 11.6. The summed E-state index contributed by atoms with van der Waals surface area (Å²) in [5.74, 6) is 0.810. The molecule has 0 aromatic heterocycles. The Hall–Kier alpha value is -0.730. The molecule has 0 radical (unpaired) electrons. The fourth-order valence-electron chi connectivity index (χ4n) is 2.53. The summed E-state index contributed by atoms with van der Waals surface area (Å²) in [5, 5.41) is 4.20. The Morgan fingerprint density at radius 1 is 1.44 bits per heavy atom. The minimum Gasteiger partial charge on any atom is -0.488 e. The molecule has 1 saturated carbocycles. The summed E-state index contributed by atoms with van der Waals surface area (Å²) in [6.45, 7) is 9.70. The van der Waals surface area contributed by atoms with Crippen LogP contribution in [0, 0.1) is 12.3 Å². The zero-order chi connectivity index (χ0) is 13.3. The van der Waals surface area contributed by atoms with E-state index in [1.54, 1.807) is 0 Å². The summed E-state index contributed by atoms with van der Waals surface area (Å²) in [6, 6.07) is 6.46. The van der Waals surface area contributed by atoms with Gasteiger partial charge in [0.1, 0.15) is 11.9 Å². The molecule has 0 spiro atoms. The van der Waals surface area contributed by atoms with E-state index < -0.39 is 0 Å². The normalized spacial score (nSPS) is 25.6. The van der Waals surface area contributed by atoms with Crippen LogP contribution in [0.1, 0.15) is 32.8 Å². The van der Waals surface area contributed by atoms with E-state index in [-0.39, 0.29) is 11.5 Å². The van der Waals surface area contributed by atoms with Gasteiger partial charge in [0.15, 0.2) is 0 Å². The third-order valence-electron chi connectivity index (χ3n) is 3.98. The van der Waals surface area contributed by atoms with Gasteiger partial charge in [-0.3, -0.25) is 0 Å². The van der Waals surface area contributed by atoms with E-state index in [0.717, 1.165) is 18.7 Å². The second kappa shape index (κ2) is 5.10. The third-order valence-corrected chi connectivity index (χ3v) is 4.30. The first-order chi connectivity index (χ1) is 8.45. The number of halogens is 1. The predicted molar refractivity (Wildman–Crippen MR) is 76.5 cm³/mol. The molecule has 1 aliphatic rings. The average molecular weight is 268 g/mol. The summed E-state index contributed by atoms with van der Waals surface area (Å²) >= 11 is 6.17. The number of hydrogen-bond acceptors (Lipinski definition) is 2. The van der Waals surface area contributed by atoms with Crippen molar-refractivity contribution in [1.82, 2.24) is 5.32 Å². The van der Waals surface area contributed by atoms with E-state index in [1.807, 2.05) is 18.2 Å². The highest BCUT2D eigenvalue weighted by Gasteiger charge is 2.49. The molecule has 0 saturated heterocycles. The van der Waals surface area contributed by atoms with Gasteiger partial charge in [-0.1, -0.05) is 38.4 Å². The summed E-state index contributed by atoms with van der Waals surface area (Å²) in [7, 11) is 0. The Balaban J connectivity index is 2.05. The van der Waals surface area contributed by atoms with E-state index in [4.69, 9.17) is 16.3 Å². The lowest BCUT2D eigenvalue weighted by Gasteiger charge is -2.51. The van der Waals surface area contributed by atoms with Crippen LogP contribution in [-0.4, -0.2) is 18.7 Å². The van der Waals surface area contributed by atoms with Crippen LogP contribution in [0.2, 0.25) is 5.02 Å². The highest BCUT2D eigenvalue weighted by atomic mass is 35.5. The number of rotatable bonds is 4. The standard InChI is InChI=1S/C15H22ClNO/c1-5-17-13-9-14(15(13,3)4)18-12-8-10(2)6-7-11(12)16/h6-8,13-14,17H,5,9H2,1-4H3. The Morgan fingerprint density at radius 2 is 2.17 bits per heavy atom. The van der Waals surface area contributed by atoms with Crippen molar-refractivity contribution in [1.29, 1.82) is 0 Å². The van der Waals surface area contributed by atoms with Crippen molar-refractivity contribution < 1.29 is 4.74 Å². The first kappa shape index (κ1) is 13.7. The van der Waals surface area contributed by atoms with Gasteiger partial charge in [0.2, 0.25) is 0 Å². The molecular weight excluding hydrogens is 246 g/mol. The van der Waals surface area contributed by atoms with Crippen LogP contribution in [0.5, 0.6) is 5.75 Å². The molecule has 3 heteroatoms. The molecule has 0 aliphatic heterocycles. The van der Waals surface area contributed by atoms with Gasteiger partial charge < -0.3 is 10.1 Å². The summed E-state index contributed by atoms with van der Waals surface area (Å²) < 4.78 is 6.08. The monoisotopic (exact) mass is 267 g/mol. The minimum atomic E-state index is 0.156. The van der Waals surface area contributed by atoms with Gasteiger partial charge in [0, 0.05) is 17.9 Å². The summed E-state index contributed by atoms with van der Waals surface area (Å²) in [4.78, 5) is 0. The minimum absolute atomic E-state index is 0.156. The van der Waals surface area contributed by atoms with E-state index >= 15 is 0 Å². The number of hydrogen-bond donors (Lipinski definition) is 1. The van der Waals surface area contributed by atoms with Crippen LogP contribution in [0.3, 0.4) is 0 Å². The first-order valence-corrected chi connectivity index (χ1v) is 6.99. The van der Waals surface area contributed by atoms with Crippen LogP contribution >= 0.6 is 11.6 Å². The van der Waals surface area contributed by atoms with E-state index in [2.05, 4.69) is 33.0 Å². The topological polar surface area (TPSA) is 21.3 Å². The van der Waals surface area contributed by atoms with Crippen molar-refractivity contribution >= 4 is 11.6 Å². The first-order valence-electron chi connectivity index (χ1n) is 6.61. The van der Waals surface area contributed by atoms with Crippen LogP contribution in [-0.2, 0) is 0 Å². The van der Waals surface area contributed by atoms with Gasteiger partial charge >= 0.3 is 0 Å². The van der Waals surface area contributed by atoms with E-state index in [1.165, 1.54) is 5.56 Å². The van der Waals surface area contributed by atoms with Gasteiger partial charge in [-0.05, 0) is 31.2 Å². The SMILES string of the molecule is CCNC1CC(Oc2cc(C)ccc2Cl)C1(C)C. The lowest BCUT2D eigenvalue weighted by molar-refractivity contribution is -0.0541. The van der Waals surface area contributed by atoms with E-state index in [9.17, 15) is 0 Å². The molecule has 100 valence electrons. The lowest BCUT2D eigenvalue weighted by Crippen LogP contribution is -2.62. The van der Waals surface area contributed by atoms with Gasteiger partial charge in [0.25, 0.3) is 0 Å². The summed E-state index contributed by atoms with van der Waals surface area (Å²) in [6.07, 6.45) is 1.28. The smallest absolute Gasteiger partial charge is 0.138 e. The van der Waals surface area contributed by atoms with E-state index in [0.29, 0.717) is 11.1 Å². The molecule has 0 bridgehead atoms. The van der Waals surface area contributed by atoms with Crippen LogP contribution in [0.15, 0.2) is 18.2 Å². The Morgan fingerprint density at radius 3 is 2.78 bits per heavy atom. The Kier molecular flexibility index (Phi) is 3.88. The molecule has 1 aromatic carbocycles. The average Bonchev–Trinajstić information content (AvgIpc) is 2.32. The number of aryl methyl sites for hydroxylation is 1. The largest absolute Gasteiger partial charge is 0.488 e. The molecule has 1 aromatic rings. The number of nitrogens with one attached hydrogen (secondary N) is 1. The molecule has 0 amide bonds. The second-order valence-electron chi connectivity index (χ2n) is 5.71. The van der Waals surface area contributed by atoms with Gasteiger partial charge in [-0.25, -0.2) is 0 Å². The van der Waals surface area contributed by atoms with Crippen molar-refractivity contribution in [2.75, 3.05) is 6.54 Å². The second-order valence-corrected chi connectivity index (χ2v) is 6.11. The van der Waals surface area contributed by atoms with Crippen LogP contribution in [0.4, 0.5) is 0 Å². The van der Waals surface area contributed by atoms with Gasteiger partial charge in [-0.2, -0.15) is 0 Å². The maximum atomic E-state index is 6.17. The van der Waals surface area contributed by atoms with Crippen molar-refractivity contribution in [3.05, 3.63) is 28.8 Å². The molecular formula is C15H22ClNO. The highest BCUT2D eigenvalue weighted by molar-refractivity contribution is 6.32. The molecule has 2 nitrogen and oxygen atoms in total. The fraction of sp³-hybridized carbons (Fsp3) is 0.600. The fourth-order valence-corrected chi connectivity index (χ4v) is 2.69. The van der Waals surface area contributed by atoms with Crippen LogP contribution in [0.25, 0.3) is 0 Å². The molecule has 0 heterocycles. The van der Waals surface area contributed by atoms with Crippen LogP contribution < -0.4 is 10.1 Å². The zero-order valence-corrected chi connectivity index (χ0v) is 12.3. The van der Waals surface area contributed by atoms with Crippen molar-refractivity contribution in [3.63, 3.8) is 0 Å². The maximum Gasteiger partial charge on any atom is 0.138 e. The highest BCUT2D eigenvalue weighted by Crippen LogP contribution is 2.44. The van der Waals surface area contributed by atoms with Gasteiger partial charge in [0.05, 0.1) is 5.02 Å². The maximum absolute atomic E-state index is 6.17. The van der Waals surface area contributed by atoms with Crippen molar-refractivity contribution in [2.24, 2.45) is 5.41 Å². The molecule has 1 fully saturated rings. The molecule has 2 atom stereocenters. The van der Waals surface area contributed by atoms with Crippen molar-refractivity contribution in [3.8, 4) is 5.75 Å². The molecule has 1 N–H and O–H groups in total. The number of ether oxygens (including phenoxy) is 1. The Bertz CT molecular complexity index is 431. The Labute approximate surface area is 115 Å². The molecule has 2 rings (SSSR count). The number of benzene rings is 1. The van der Waals surface area contributed by atoms with Crippen molar-refractivity contribution in [2.45, 2.75) is 46.3 Å². The molecule has 2 unspecified atom stereocenters. The lowest BCUT2D eigenvalue weighted by atomic mass is 9.64. The predicted octanol–water partition coefficient (Wildman–Crippen LogP) is 3.80.